The summed E-state index contributed by atoms with van der Waals surface area (Å²) in [5, 5.41) is 6.29. The van der Waals surface area contributed by atoms with E-state index in [4.69, 9.17) is 16.3 Å². The molecule has 164 valence electrons. The summed E-state index contributed by atoms with van der Waals surface area (Å²) >= 11 is 7.46. The van der Waals surface area contributed by atoms with Crippen molar-refractivity contribution in [3.8, 4) is 5.75 Å². The second-order valence-corrected chi connectivity index (χ2v) is 8.41. The summed E-state index contributed by atoms with van der Waals surface area (Å²) in [5.41, 5.74) is 1.09. The standard InChI is InChI=1S/C22H19ClN4O4S/c1-31-14-8-6-13(7-9-14)24-20(29)15-10-17(28)25-19-18(15)21(30)27-22(26-19)32-11-12-4-2-3-5-16(12)23/h2-9,15H,10-11H2,1H3,(H,24,29)(H2,25,26,27,28,30)/t15-/m0/s1. The largest absolute Gasteiger partial charge is 0.497 e. The maximum atomic E-state index is 12.9. The number of fused-ring (bicyclic) bond motifs is 1. The van der Waals surface area contributed by atoms with Gasteiger partial charge in [-0.1, -0.05) is 41.6 Å². The van der Waals surface area contributed by atoms with E-state index >= 15 is 0 Å². The molecule has 4 rings (SSSR count). The Balaban J connectivity index is 1.56. The van der Waals surface area contributed by atoms with Gasteiger partial charge in [0.15, 0.2) is 5.16 Å². The van der Waals surface area contributed by atoms with Crippen LogP contribution in [0, 0.1) is 0 Å². The van der Waals surface area contributed by atoms with E-state index in [9.17, 15) is 14.4 Å². The Morgan fingerprint density at radius 1 is 1.22 bits per heavy atom. The van der Waals surface area contributed by atoms with Crippen molar-refractivity contribution >= 4 is 46.7 Å². The summed E-state index contributed by atoms with van der Waals surface area (Å²) in [6.45, 7) is 0. The molecule has 32 heavy (non-hydrogen) atoms. The van der Waals surface area contributed by atoms with Crippen LogP contribution in [0.15, 0.2) is 58.5 Å². The lowest BCUT2D eigenvalue weighted by Crippen LogP contribution is -2.36. The zero-order valence-electron chi connectivity index (χ0n) is 17.0. The Morgan fingerprint density at radius 3 is 2.69 bits per heavy atom. The average Bonchev–Trinajstić information content (AvgIpc) is 2.78. The molecule has 0 aliphatic carbocycles. The van der Waals surface area contributed by atoms with Crippen LogP contribution in [-0.2, 0) is 15.3 Å². The molecule has 8 nitrogen and oxygen atoms in total. The molecule has 2 amide bonds. The molecule has 0 saturated carbocycles. The third-order valence-electron chi connectivity index (χ3n) is 4.93. The Kier molecular flexibility index (Phi) is 6.48. The Hall–Kier alpha value is -3.30. The number of H-pyrrole nitrogens is 1. The molecule has 2 heterocycles. The molecule has 0 bridgehead atoms. The van der Waals surface area contributed by atoms with Gasteiger partial charge in [-0.3, -0.25) is 14.4 Å². The summed E-state index contributed by atoms with van der Waals surface area (Å²) in [6.07, 6.45) is -0.147. The van der Waals surface area contributed by atoms with E-state index in [1.807, 2.05) is 18.2 Å². The van der Waals surface area contributed by atoms with Gasteiger partial charge in [-0.25, -0.2) is 4.98 Å². The number of rotatable bonds is 6. The van der Waals surface area contributed by atoms with E-state index in [-0.39, 0.29) is 23.7 Å². The number of carbonyl (C=O) groups excluding carboxylic acids is 2. The van der Waals surface area contributed by atoms with Crippen LogP contribution in [0.1, 0.15) is 23.5 Å². The fourth-order valence-electron chi connectivity index (χ4n) is 3.31. The molecule has 10 heteroatoms. The number of aromatic nitrogens is 2. The van der Waals surface area contributed by atoms with Crippen molar-refractivity contribution in [2.24, 2.45) is 0 Å². The topological polar surface area (TPSA) is 113 Å². The minimum absolute atomic E-state index is 0.0986. The van der Waals surface area contributed by atoms with Crippen LogP contribution in [0.3, 0.4) is 0 Å². The lowest BCUT2D eigenvalue weighted by atomic mass is 9.92. The first kappa shape index (κ1) is 21.9. The van der Waals surface area contributed by atoms with Crippen molar-refractivity contribution in [3.05, 3.63) is 75.0 Å². The number of amides is 2. The van der Waals surface area contributed by atoms with Crippen LogP contribution in [0.4, 0.5) is 11.5 Å². The van der Waals surface area contributed by atoms with Crippen molar-refractivity contribution in [1.29, 1.82) is 0 Å². The number of carbonyl (C=O) groups is 2. The molecule has 1 aromatic heterocycles. The molecule has 3 N–H and O–H groups in total. The zero-order chi connectivity index (χ0) is 22.7. The number of benzene rings is 2. The second kappa shape index (κ2) is 9.46. The molecule has 1 atom stereocenters. The molecule has 1 aliphatic heterocycles. The number of anilines is 2. The number of thioether (sulfide) groups is 1. The van der Waals surface area contributed by atoms with Gasteiger partial charge < -0.3 is 20.4 Å². The Labute approximate surface area is 192 Å². The van der Waals surface area contributed by atoms with Gasteiger partial charge in [-0.05, 0) is 35.9 Å². The van der Waals surface area contributed by atoms with Gasteiger partial charge >= 0.3 is 0 Å². The van der Waals surface area contributed by atoms with Gasteiger partial charge in [-0.2, -0.15) is 0 Å². The maximum Gasteiger partial charge on any atom is 0.257 e. The smallest absolute Gasteiger partial charge is 0.257 e. The summed E-state index contributed by atoms with van der Waals surface area (Å²) in [7, 11) is 1.55. The summed E-state index contributed by atoms with van der Waals surface area (Å²) < 4.78 is 5.10. The SMILES string of the molecule is COc1ccc(NC(=O)[C@H]2CC(=O)Nc3nc(SCc4ccccc4Cl)[nH]c(=O)c32)cc1. The molecule has 2 aromatic carbocycles. The first-order chi connectivity index (χ1) is 15.4. The number of aromatic amines is 1. The highest BCUT2D eigenvalue weighted by molar-refractivity contribution is 7.98. The van der Waals surface area contributed by atoms with E-state index in [1.54, 1.807) is 37.4 Å². The van der Waals surface area contributed by atoms with Gasteiger partial charge in [-0.15, -0.1) is 0 Å². The van der Waals surface area contributed by atoms with Crippen molar-refractivity contribution < 1.29 is 14.3 Å². The predicted molar refractivity (Wildman–Crippen MR) is 123 cm³/mol. The number of methoxy groups -OCH3 is 1. The lowest BCUT2D eigenvalue weighted by molar-refractivity contribution is -0.123. The summed E-state index contributed by atoms with van der Waals surface area (Å²) in [5.74, 6) is -0.576. The molecule has 0 saturated heterocycles. The maximum absolute atomic E-state index is 12.9. The number of ether oxygens (including phenoxy) is 1. The molecule has 0 radical (unpaired) electrons. The number of halogens is 1. The monoisotopic (exact) mass is 470 g/mol. The summed E-state index contributed by atoms with van der Waals surface area (Å²) in [4.78, 5) is 45.0. The van der Waals surface area contributed by atoms with Gasteiger partial charge in [0, 0.05) is 22.9 Å². The van der Waals surface area contributed by atoms with Gasteiger partial charge in [0.1, 0.15) is 11.6 Å². The molecular weight excluding hydrogens is 452 g/mol. The van der Waals surface area contributed by atoms with Crippen LogP contribution in [0.5, 0.6) is 5.75 Å². The van der Waals surface area contributed by atoms with Crippen LogP contribution in [0.25, 0.3) is 0 Å². The number of hydrogen-bond donors (Lipinski definition) is 3. The minimum Gasteiger partial charge on any atom is -0.497 e. The minimum atomic E-state index is -0.959. The lowest BCUT2D eigenvalue weighted by Gasteiger charge is -2.23. The number of hydrogen-bond acceptors (Lipinski definition) is 6. The molecule has 0 unspecified atom stereocenters. The highest BCUT2D eigenvalue weighted by Gasteiger charge is 2.34. The fourth-order valence-corrected chi connectivity index (χ4v) is 4.45. The molecule has 3 aromatic rings. The molecule has 1 aliphatic rings. The van der Waals surface area contributed by atoms with Crippen molar-refractivity contribution in [1.82, 2.24) is 9.97 Å². The third kappa shape index (κ3) is 4.79. The van der Waals surface area contributed by atoms with Crippen LogP contribution >= 0.6 is 23.4 Å². The van der Waals surface area contributed by atoms with Crippen molar-refractivity contribution in [2.45, 2.75) is 23.2 Å². The molecule has 0 fully saturated rings. The van der Waals surface area contributed by atoms with E-state index < -0.39 is 17.4 Å². The van der Waals surface area contributed by atoms with E-state index in [1.165, 1.54) is 11.8 Å². The first-order valence-corrected chi connectivity index (χ1v) is 11.1. The van der Waals surface area contributed by atoms with E-state index in [2.05, 4.69) is 20.6 Å². The number of nitrogens with zero attached hydrogens (tertiary/aromatic N) is 1. The molecular formula is C22H19ClN4O4S. The zero-order valence-corrected chi connectivity index (χ0v) is 18.5. The van der Waals surface area contributed by atoms with Crippen LogP contribution < -0.4 is 20.9 Å². The Bertz CT molecular complexity index is 1230. The van der Waals surface area contributed by atoms with Gasteiger partial charge in [0.2, 0.25) is 11.8 Å². The third-order valence-corrected chi connectivity index (χ3v) is 6.22. The van der Waals surface area contributed by atoms with Crippen LogP contribution in [-0.4, -0.2) is 28.9 Å². The average molecular weight is 471 g/mol. The van der Waals surface area contributed by atoms with E-state index in [0.717, 1.165) is 5.56 Å². The highest BCUT2D eigenvalue weighted by Crippen LogP contribution is 2.31. The summed E-state index contributed by atoms with van der Waals surface area (Å²) in [6, 6.07) is 14.1. The predicted octanol–water partition coefficient (Wildman–Crippen LogP) is 3.79. The van der Waals surface area contributed by atoms with Crippen LogP contribution in [0.2, 0.25) is 5.02 Å². The highest BCUT2D eigenvalue weighted by atomic mass is 35.5. The first-order valence-electron chi connectivity index (χ1n) is 9.70. The Morgan fingerprint density at radius 2 is 1.97 bits per heavy atom. The van der Waals surface area contributed by atoms with Crippen molar-refractivity contribution in [3.63, 3.8) is 0 Å². The molecule has 0 spiro atoms. The van der Waals surface area contributed by atoms with Gasteiger partial charge in [0.05, 0.1) is 18.6 Å². The quantitative estimate of drug-likeness (QED) is 0.373. The van der Waals surface area contributed by atoms with Gasteiger partial charge in [0.25, 0.3) is 5.56 Å². The van der Waals surface area contributed by atoms with Crippen molar-refractivity contribution in [2.75, 3.05) is 17.7 Å². The normalized spacial score (nSPS) is 14.9. The van der Waals surface area contributed by atoms with E-state index in [0.29, 0.717) is 27.4 Å². The second-order valence-electron chi connectivity index (χ2n) is 7.04. The number of nitrogens with one attached hydrogen (secondary N) is 3. The fraction of sp³-hybridized carbons (Fsp3) is 0.182.